The fraction of sp³-hybridized carbons (Fsp3) is 0.500. The van der Waals surface area contributed by atoms with Crippen molar-refractivity contribution < 1.29 is 4.79 Å². The van der Waals surface area contributed by atoms with Gasteiger partial charge in [-0.3, -0.25) is 14.7 Å². The van der Waals surface area contributed by atoms with Crippen molar-refractivity contribution in [3.8, 4) is 0 Å². The Hall–Kier alpha value is -1.68. The monoisotopic (exact) mass is 271 g/mol. The van der Waals surface area contributed by atoms with E-state index in [0.717, 1.165) is 38.0 Å². The van der Waals surface area contributed by atoms with Crippen LogP contribution in [0, 0.1) is 6.92 Å². The van der Waals surface area contributed by atoms with Crippen molar-refractivity contribution in [3.63, 3.8) is 0 Å². The smallest absolute Gasteiger partial charge is 0.255 e. The van der Waals surface area contributed by atoms with Crippen LogP contribution in [0.3, 0.4) is 0 Å². The van der Waals surface area contributed by atoms with E-state index in [0.29, 0.717) is 17.6 Å². The van der Waals surface area contributed by atoms with Crippen molar-refractivity contribution in [2.75, 3.05) is 19.6 Å². The Morgan fingerprint density at radius 3 is 2.95 bits per heavy atom. The maximum absolute atomic E-state index is 12.7. The van der Waals surface area contributed by atoms with E-state index in [1.165, 1.54) is 0 Å². The van der Waals surface area contributed by atoms with Gasteiger partial charge < -0.3 is 4.90 Å². The first-order chi connectivity index (χ1) is 9.70. The summed E-state index contributed by atoms with van der Waals surface area (Å²) in [5.41, 5.74) is 1.75. The van der Waals surface area contributed by atoms with Gasteiger partial charge >= 0.3 is 0 Å². The van der Waals surface area contributed by atoms with Crippen molar-refractivity contribution in [3.05, 3.63) is 42.2 Å². The predicted molar refractivity (Wildman–Crippen MR) is 78.6 cm³/mol. The zero-order valence-corrected chi connectivity index (χ0v) is 12.0. The number of aromatic nitrogens is 1. The first kappa shape index (κ1) is 13.3. The van der Waals surface area contributed by atoms with E-state index in [1.807, 2.05) is 24.0 Å². The second-order valence-corrected chi connectivity index (χ2v) is 5.75. The van der Waals surface area contributed by atoms with Gasteiger partial charge in [0.2, 0.25) is 0 Å². The van der Waals surface area contributed by atoms with Crippen LogP contribution in [0.25, 0.3) is 0 Å². The SMILES string of the molecule is C=CCN1CC[C@@H]2[C@H]1CCN2C(=O)c1cncc(C)c1. The lowest BCUT2D eigenvalue weighted by Crippen LogP contribution is -2.39. The maximum atomic E-state index is 12.7. The normalized spacial score (nSPS) is 25.8. The molecule has 0 unspecified atom stereocenters. The number of hydrogen-bond donors (Lipinski definition) is 0. The zero-order chi connectivity index (χ0) is 14.1. The standard InChI is InChI=1S/C16H21N3O/c1-3-6-18-7-4-15-14(18)5-8-19(15)16(20)13-9-12(2)10-17-11-13/h3,9-11,14-15H,1,4-8H2,2H3/t14-,15-/m1/s1. The predicted octanol–water partition coefficient (Wildman–Crippen LogP) is 1.86. The molecule has 4 heteroatoms. The molecule has 2 aliphatic rings. The Kier molecular flexibility index (Phi) is 3.57. The van der Waals surface area contributed by atoms with Gasteiger partial charge in [0.05, 0.1) is 5.56 Å². The van der Waals surface area contributed by atoms with E-state index >= 15 is 0 Å². The quantitative estimate of drug-likeness (QED) is 0.787. The van der Waals surface area contributed by atoms with E-state index in [9.17, 15) is 4.79 Å². The molecule has 0 N–H and O–H groups in total. The Balaban J connectivity index is 1.76. The molecule has 2 aliphatic heterocycles. The summed E-state index contributed by atoms with van der Waals surface area (Å²) >= 11 is 0. The topological polar surface area (TPSA) is 36.4 Å². The molecule has 0 saturated carbocycles. The Labute approximate surface area is 120 Å². The van der Waals surface area contributed by atoms with Crippen LogP contribution in [0.5, 0.6) is 0 Å². The highest BCUT2D eigenvalue weighted by Crippen LogP contribution is 2.32. The summed E-state index contributed by atoms with van der Waals surface area (Å²) in [5, 5.41) is 0. The molecule has 4 nitrogen and oxygen atoms in total. The Morgan fingerprint density at radius 1 is 1.40 bits per heavy atom. The third-order valence-electron chi connectivity index (χ3n) is 4.44. The Bertz CT molecular complexity index is 528. The van der Waals surface area contributed by atoms with E-state index in [4.69, 9.17) is 0 Å². The molecule has 2 fully saturated rings. The number of rotatable bonds is 3. The zero-order valence-electron chi connectivity index (χ0n) is 12.0. The summed E-state index contributed by atoms with van der Waals surface area (Å²) < 4.78 is 0. The highest BCUT2D eigenvalue weighted by molar-refractivity contribution is 5.94. The van der Waals surface area contributed by atoms with Crippen molar-refractivity contribution in [1.82, 2.24) is 14.8 Å². The molecule has 2 atom stereocenters. The molecule has 20 heavy (non-hydrogen) atoms. The van der Waals surface area contributed by atoms with E-state index in [-0.39, 0.29) is 5.91 Å². The largest absolute Gasteiger partial charge is 0.334 e. The molecule has 1 aromatic rings. The fourth-order valence-corrected chi connectivity index (χ4v) is 3.56. The van der Waals surface area contributed by atoms with Crippen molar-refractivity contribution in [2.45, 2.75) is 31.8 Å². The number of carbonyl (C=O) groups is 1. The minimum Gasteiger partial charge on any atom is -0.334 e. The number of pyridine rings is 1. The van der Waals surface area contributed by atoms with Crippen LogP contribution >= 0.6 is 0 Å². The molecule has 3 heterocycles. The second kappa shape index (κ2) is 5.37. The molecule has 1 aromatic heterocycles. The highest BCUT2D eigenvalue weighted by Gasteiger charge is 2.43. The van der Waals surface area contributed by atoms with Crippen LogP contribution in [0.4, 0.5) is 0 Å². The van der Waals surface area contributed by atoms with Crippen LogP contribution in [-0.4, -0.2) is 52.4 Å². The summed E-state index contributed by atoms with van der Waals surface area (Å²) in [4.78, 5) is 21.3. The average molecular weight is 271 g/mol. The van der Waals surface area contributed by atoms with Crippen molar-refractivity contribution in [2.24, 2.45) is 0 Å². The summed E-state index contributed by atoms with van der Waals surface area (Å²) in [6.07, 6.45) is 7.56. The summed E-state index contributed by atoms with van der Waals surface area (Å²) in [7, 11) is 0. The van der Waals surface area contributed by atoms with Crippen LogP contribution in [0.1, 0.15) is 28.8 Å². The summed E-state index contributed by atoms with van der Waals surface area (Å²) in [6.45, 7) is 8.64. The van der Waals surface area contributed by atoms with Gasteiger partial charge in [-0.15, -0.1) is 6.58 Å². The molecule has 0 aromatic carbocycles. The molecular weight excluding hydrogens is 250 g/mol. The van der Waals surface area contributed by atoms with Crippen molar-refractivity contribution in [1.29, 1.82) is 0 Å². The third kappa shape index (κ3) is 2.24. The molecule has 1 amide bonds. The van der Waals surface area contributed by atoms with Gasteiger partial charge in [-0.2, -0.15) is 0 Å². The number of likely N-dealkylation sites (tertiary alicyclic amines) is 2. The molecule has 0 radical (unpaired) electrons. The van der Waals surface area contributed by atoms with Gasteiger partial charge in [0.15, 0.2) is 0 Å². The third-order valence-corrected chi connectivity index (χ3v) is 4.44. The number of aryl methyl sites for hydroxylation is 1. The maximum Gasteiger partial charge on any atom is 0.255 e. The van der Waals surface area contributed by atoms with Crippen LogP contribution < -0.4 is 0 Å². The van der Waals surface area contributed by atoms with Gasteiger partial charge in [0, 0.05) is 44.1 Å². The summed E-state index contributed by atoms with van der Waals surface area (Å²) in [5.74, 6) is 0.133. The number of fused-ring (bicyclic) bond motifs is 1. The lowest BCUT2D eigenvalue weighted by molar-refractivity contribution is 0.0732. The van der Waals surface area contributed by atoms with Gasteiger partial charge in [-0.05, 0) is 31.4 Å². The van der Waals surface area contributed by atoms with Crippen LogP contribution in [0.2, 0.25) is 0 Å². The van der Waals surface area contributed by atoms with Crippen LogP contribution in [-0.2, 0) is 0 Å². The molecule has 0 aliphatic carbocycles. The molecule has 2 saturated heterocycles. The molecular formula is C16H21N3O. The molecule has 106 valence electrons. The van der Waals surface area contributed by atoms with Gasteiger partial charge in [-0.1, -0.05) is 6.08 Å². The van der Waals surface area contributed by atoms with Crippen LogP contribution in [0.15, 0.2) is 31.1 Å². The second-order valence-electron chi connectivity index (χ2n) is 5.75. The van der Waals surface area contributed by atoms with Gasteiger partial charge in [0.25, 0.3) is 5.91 Å². The van der Waals surface area contributed by atoms with E-state index in [1.54, 1.807) is 12.4 Å². The Morgan fingerprint density at radius 2 is 2.20 bits per heavy atom. The van der Waals surface area contributed by atoms with E-state index < -0.39 is 0 Å². The van der Waals surface area contributed by atoms with Gasteiger partial charge in [0.1, 0.15) is 0 Å². The summed E-state index contributed by atoms with van der Waals surface area (Å²) in [6, 6.07) is 2.80. The fourth-order valence-electron chi connectivity index (χ4n) is 3.56. The van der Waals surface area contributed by atoms with Crippen molar-refractivity contribution >= 4 is 5.91 Å². The highest BCUT2D eigenvalue weighted by atomic mass is 16.2. The minimum atomic E-state index is 0.133. The lowest BCUT2D eigenvalue weighted by Gasteiger charge is -2.25. The minimum absolute atomic E-state index is 0.133. The number of hydrogen-bond acceptors (Lipinski definition) is 3. The molecule has 0 bridgehead atoms. The number of nitrogens with zero attached hydrogens (tertiary/aromatic N) is 3. The molecule has 0 spiro atoms. The lowest BCUT2D eigenvalue weighted by atomic mass is 10.1. The molecule has 3 rings (SSSR count). The van der Waals surface area contributed by atoms with E-state index in [2.05, 4.69) is 16.5 Å². The first-order valence-electron chi connectivity index (χ1n) is 7.28. The average Bonchev–Trinajstić information content (AvgIpc) is 3.01. The number of carbonyl (C=O) groups excluding carboxylic acids is 1. The van der Waals surface area contributed by atoms with Gasteiger partial charge in [-0.25, -0.2) is 0 Å². The first-order valence-corrected chi connectivity index (χ1v) is 7.28. The number of amides is 1.